The maximum absolute atomic E-state index is 10.8. The smallest absolute Gasteiger partial charge is 0.218 e. The van der Waals surface area contributed by atoms with E-state index in [0.29, 0.717) is 0 Å². The SMILES string of the molecule is CC(=O)NC1(C#N)CCCCC1. The largest absolute Gasteiger partial charge is 0.338 e. The molecule has 0 radical (unpaired) electrons. The monoisotopic (exact) mass is 166 g/mol. The Balaban J connectivity index is 2.61. The van der Waals surface area contributed by atoms with E-state index < -0.39 is 5.54 Å². The molecular weight excluding hydrogens is 152 g/mol. The Hall–Kier alpha value is -1.04. The summed E-state index contributed by atoms with van der Waals surface area (Å²) < 4.78 is 0. The number of nitrogens with one attached hydrogen (secondary N) is 1. The Labute approximate surface area is 72.8 Å². The van der Waals surface area contributed by atoms with Crippen LogP contribution in [0.3, 0.4) is 0 Å². The van der Waals surface area contributed by atoms with Crippen LogP contribution in [0.2, 0.25) is 0 Å². The van der Waals surface area contributed by atoms with Gasteiger partial charge >= 0.3 is 0 Å². The van der Waals surface area contributed by atoms with Crippen LogP contribution in [0.25, 0.3) is 0 Å². The van der Waals surface area contributed by atoms with E-state index in [-0.39, 0.29) is 5.91 Å². The molecule has 0 bridgehead atoms. The topological polar surface area (TPSA) is 52.9 Å². The van der Waals surface area contributed by atoms with Crippen molar-refractivity contribution in [1.82, 2.24) is 5.32 Å². The first-order chi connectivity index (χ1) is 5.68. The maximum atomic E-state index is 10.8. The molecular formula is C9H14N2O. The lowest BCUT2D eigenvalue weighted by molar-refractivity contribution is -0.120. The van der Waals surface area contributed by atoms with Crippen molar-refractivity contribution in [2.45, 2.75) is 44.6 Å². The van der Waals surface area contributed by atoms with E-state index in [9.17, 15) is 4.79 Å². The van der Waals surface area contributed by atoms with Gasteiger partial charge in [0.15, 0.2) is 0 Å². The third-order valence-electron chi connectivity index (χ3n) is 2.34. The summed E-state index contributed by atoms with van der Waals surface area (Å²) in [5.74, 6) is -0.0987. The van der Waals surface area contributed by atoms with E-state index >= 15 is 0 Å². The van der Waals surface area contributed by atoms with Gasteiger partial charge in [-0.05, 0) is 12.8 Å². The van der Waals surface area contributed by atoms with E-state index in [1.807, 2.05) is 0 Å². The number of amides is 1. The first-order valence-corrected chi connectivity index (χ1v) is 4.38. The Morgan fingerprint density at radius 3 is 2.42 bits per heavy atom. The molecule has 0 aliphatic heterocycles. The van der Waals surface area contributed by atoms with Crippen LogP contribution in [0.5, 0.6) is 0 Å². The molecule has 3 heteroatoms. The second-order valence-corrected chi connectivity index (χ2v) is 3.44. The number of hydrogen-bond acceptors (Lipinski definition) is 2. The quantitative estimate of drug-likeness (QED) is 0.639. The third-order valence-corrected chi connectivity index (χ3v) is 2.34. The second-order valence-electron chi connectivity index (χ2n) is 3.44. The molecule has 0 atom stereocenters. The van der Waals surface area contributed by atoms with Gasteiger partial charge in [-0.2, -0.15) is 5.26 Å². The summed E-state index contributed by atoms with van der Waals surface area (Å²) >= 11 is 0. The van der Waals surface area contributed by atoms with Crippen LogP contribution in [0.1, 0.15) is 39.0 Å². The molecule has 0 saturated heterocycles. The summed E-state index contributed by atoms with van der Waals surface area (Å²) in [6, 6.07) is 2.22. The molecule has 0 aromatic carbocycles. The van der Waals surface area contributed by atoms with Gasteiger partial charge in [-0.15, -0.1) is 0 Å². The molecule has 0 aromatic rings. The summed E-state index contributed by atoms with van der Waals surface area (Å²) in [7, 11) is 0. The zero-order chi connectivity index (χ0) is 9.03. The highest BCUT2D eigenvalue weighted by atomic mass is 16.1. The van der Waals surface area contributed by atoms with E-state index in [1.54, 1.807) is 0 Å². The minimum atomic E-state index is -0.552. The fraction of sp³-hybridized carbons (Fsp3) is 0.778. The average molecular weight is 166 g/mol. The summed E-state index contributed by atoms with van der Waals surface area (Å²) in [6.07, 6.45) is 4.90. The Kier molecular flexibility index (Phi) is 2.69. The number of carbonyl (C=O) groups is 1. The van der Waals surface area contributed by atoms with Crippen LogP contribution < -0.4 is 5.32 Å². The lowest BCUT2D eigenvalue weighted by Crippen LogP contribution is -2.47. The number of rotatable bonds is 1. The van der Waals surface area contributed by atoms with Crippen molar-refractivity contribution >= 4 is 5.91 Å². The number of nitrogens with zero attached hydrogens (tertiary/aromatic N) is 1. The van der Waals surface area contributed by atoms with Gasteiger partial charge in [0, 0.05) is 6.92 Å². The number of carbonyl (C=O) groups excluding carboxylic acids is 1. The van der Waals surface area contributed by atoms with Gasteiger partial charge in [-0.25, -0.2) is 0 Å². The van der Waals surface area contributed by atoms with Gasteiger partial charge < -0.3 is 5.32 Å². The molecule has 1 N–H and O–H groups in total. The van der Waals surface area contributed by atoms with E-state index in [4.69, 9.17) is 5.26 Å². The summed E-state index contributed by atoms with van der Waals surface area (Å²) in [5, 5.41) is 11.7. The molecule has 1 amide bonds. The van der Waals surface area contributed by atoms with Gasteiger partial charge in [0.25, 0.3) is 0 Å². The van der Waals surface area contributed by atoms with E-state index in [0.717, 1.165) is 25.7 Å². The number of nitriles is 1. The molecule has 1 saturated carbocycles. The molecule has 0 spiro atoms. The molecule has 1 aliphatic carbocycles. The predicted octanol–water partition coefficient (Wildman–Crippen LogP) is 1.35. The van der Waals surface area contributed by atoms with Crippen LogP contribution in [-0.2, 0) is 4.79 Å². The minimum Gasteiger partial charge on any atom is -0.338 e. The fourth-order valence-electron chi connectivity index (χ4n) is 1.76. The molecule has 1 rings (SSSR count). The second kappa shape index (κ2) is 3.57. The van der Waals surface area contributed by atoms with E-state index in [2.05, 4.69) is 11.4 Å². The normalized spacial score (nSPS) is 21.0. The van der Waals surface area contributed by atoms with Crippen molar-refractivity contribution in [1.29, 1.82) is 5.26 Å². The van der Waals surface area contributed by atoms with Gasteiger partial charge in [-0.3, -0.25) is 4.79 Å². The van der Waals surface area contributed by atoms with E-state index in [1.165, 1.54) is 13.3 Å². The van der Waals surface area contributed by atoms with Crippen molar-refractivity contribution in [3.8, 4) is 6.07 Å². The first kappa shape index (κ1) is 9.05. The Morgan fingerprint density at radius 2 is 2.00 bits per heavy atom. The van der Waals surface area contributed by atoms with Crippen LogP contribution in [0.4, 0.5) is 0 Å². The van der Waals surface area contributed by atoms with Gasteiger partial charge in [0.05, 0.1) is 6.07 Å². The van der Waals surface area contributed by atoms with Gasteiger partial charge in [-0.1, -0.05) is 19.3 Å². The predicted molar refractivity (Wildman–Crippen MR) is 45.2 cm³/mol. The Bertz CT molecular complexity index is 211. The van der Waals surface area contributed by atoms with Crippen molar-refractivity contribution < 1.29 is 4.79 Å². The molecule has 1 aliphatic rings. The van der Waals surface area contributed by atoms with Crippen LogP contribution in [-0.4, -0.2) is 11.4 Å². The third kappa shape index (κ3) is 1.97. The zero-order valence-corrected chi connectivity index (χ0v) is 7.39. The lowest BCUT2D eigenvalue weighted by atomic mass is 9.83. The molecule has 0 unspecified atom stereocenters. The highest BCUT2D eigenvalue weighted by Gasteiger charge is 2.32. The highest BCUT2D eigenvalue weighted by molar-refractivity contribution is 5.74. The lowest BCUT2D eigenvalue weighted by Gasteiger charge is -2.30. The van der Waals surface area contributed by atoms with Crippen molar-refractivity contribution in [2.24, 2.45) is 0 Å². The Morgan fingerprint density at radius 1 is 1.42 bits per heavy atom. The summed E-state index contributed by atoms with van der Waals surface area (Å²) in [5.41, 5.74) is -0.552. The number of hydrogen-bond donors (Lipinski definition) is 1. The summed E-state index contributed by atoms with van der Waals surface area (Å²) in [6.45, 7) is 1.47. The highest BCUT2D eigenvalue weighted by Crippen LogP contribution is 2.27. The summed E-state index contributed by atoms with van der Waals surface area (Å²) in [4.78, 5) is 10.8. The van der Waals surface area contributed by atoms with Gasteiger partial charge in [0.2, 0.25) is 5.91 Å². The van der Waals surface area contributed by atoms with Crippen LogP contribution >= 0.6 is 0 Å². The van der Waals surface area contributed by atoms with Crippen molar-refractivity contribution in [2.75, 3.05) is 0 Å². The zero-order valence-electron chi connectivity index (χ0n) is 7.39. The van der Waals surface area contributed by atoms with Crippen molar-refractivity contribution in [3.05, 3.63) is 0 Å². The minimum absolute atomic E-state index is 0.0987. The van der Waals surface area contributed by atoms with Crippen molar-refractivity contribution in [3.63, 3.8) is 0 Å². The molecule has 0 heterocycles. The fourth-order valence-corrected chi connectivity index (χ4v) is 1.76. The first-order valence-electron chi connectivity index (χ1n) is 4.38. The molecule has 3 nitrogen and oxygen atoms in total. The van der Waals surface area contributed by atoms with Gasteiger partial charge in [0.1, 0.15) is 5.54 Å². The molecule has 1 fully saturated rings. The molecule has 66 valence electrons. The molecule has 12 heavy (non-hydrogen) atoms. The molecule has 0 aromatic heterocycles. The maximum Gasteiger partial charge on any atom is 0.218 e. The van der Waals surface area contributed by atoms with Crippen LogP contribution in [0.15, 0.2) is 0 Å². The van der Waals surface area contributed by atoms with Crippen LogP contribution in [0, 0.1) is 11.3 Å². The standard InChI is InChI=1S/C9H14N2O/c1-8(12)11-9(7-10)5-3-2-4-6-9/h2-6H2,1H3,(H,11,12). The average Bonchev–Trinajstić information content (AvgIpc) is 2.05.